The van der Waals surface area contributed by atoms with Gasteiger partial charge in [0.1, 0.15) is 5.82 Å². The Bertz CT molecular complexity index is 1040. The van der Waals surface area contributed by atoms with E-state index in [1.165, 1.54) is 88.6 Å². The van der Waals surface area contributed by atoms with Crippen molar-refractivity contribution in [3.63, 3.8) is 0 Å². The van der Waals surface area contributed by atoms with Crippen molar-refractivity contribution in [2.75, 3.05) is 32.7 Å². The highest BCUT2D eigenvalue weighted by atomic mass is 16.4. The van der Waals surface area contributed by atoms with Crippen LogP contribution in [0.2, 0.25) is 0 Å². The molecule has 0 amide bonds. The van der Waals surface area contributed by atoms with Crippen molar-refractivity contribution >= 4 is 17.0 Å². The molecule has 2 aromatic rings. The van der Waals surface area contributed by atoms with Crippen molar-refractivity contribution in [3.05, 3.63) is 30.1 Å². The third-order valence-electron chi connectivity index (χ3n) is 10.1. The number of para-hydroxylation sites is 2. The lowest BCUT2D eigenvalue weighted by atomic mass is 9.77. The fourth-order valence-corrected chi connectivity index (χ4v) is 8.35. The second kappa shape index (κ2) is 11.4. The maximum atomic E-state index is 11.1. The summed E-state index contributed by atoms with van der Waals surface area (Å²) in [5, 5.41) is 9.12. The van der Waals surface area contributed by atoms with Gasteiger partial charge in [0.05, 0.1) is 17.5 Å². The highest BCUT2D eigenvalue weighted by Gasteiger charge is 2.35. The molecule has 4 fully saturated rings. The topological polar surface area (TPSA) is 61.6 Å². The molecule has 4 atom stereocenters. The maximum Gasteiger partial charge on any atom is 0.304 e. The molecule has 0 spiro atoms. The molecule has 6 nitrogen and oxygen atoms in total. The Balaban J connectivity index is 1.14. The van der Waals surface area contributed by atoms with Gasteiger partial charge in [0.25, 0.3) is 0 Å². The van der Waals surface area contributed by atoms with E-state index in [9.17, 15) is 4.79 Å². The number of carboxylic acids is 1. The van der Waals surface area contributed by atoms with E-state index < -0.39 is 5.97 Å². The van der Waals surface area contributed by atoms with Crippen LogP contribution in [0.4, 0.5) is 0 Å². The number of hydrogen-bond acceptors (Lipinski definition) is 4. The van der Waals surface area contributed by atoms with E-state index in [-0.39, 0.29) is 6.42 Å². The first-order chi connectivity index (χ1) is 18.1. The largest absolute Gasteiger partial charge is 0.481 e. The van der Waals surface area contributed by atoms with Gasteiger partial charge < -0.3 is 19.5 Å². The molecule has 2 saturated carbocycles. The van der Waals surface area contributed by atoms with Crippen molar-refractivity contribution in [1.82, 2.24) is 19.4 Å². The second-order valence-electron chi connectivity index (χ2n) is 12.7. The quantitative estimate of drug-likeness (QED) is 0.517. The van der Waals surface area contributed by atoms with E-state index >= 15 is 0 Å². The van der Waals surface area contributed by atoms with Gasteiger partial charge in [-0.05, 0) is 81.4 Å². The minimum atomic E-state index is -0.692. The molecule has 2 aliphatic heterocycles. The molecule has 2 aliphatic carbocycles. The van der Waals surface area contributed by atoms with Crippen molar-refractivity contribution in [2.24, 2.45) is 17.8 Å². The SMILES string of the molecule is O=C(O)CCN1CCC[C@@H](Cc2nc3ccccc3n2C2CCN(C3C[C@H]4CCCC[C@@H](C3)C4)CC2)C1. The molecular weight excluding hydrogens is 460 g/mol. The minimum Gasteiger partial charge on any atom is -0.481 e. The van der Waals surface area contributed by atoms with Gasteiger partial charge in [-0.2, -0.15) is 0 Å². The van der Waals surface area contributed by atoms with Crippen LogP contribution in [0.5, 0.6) is 0 Å². The second-order valence-corrected chi connectivity index (χ2v) is 12.7. The van der Waals surface area contributed by atoms with Crippen molar-refractivity contribution in [1.29, 1.82) is 0 Å². The number of fused-ring (bicyclic) bond motifs is 3. The predicted molar refractivity (Wildman–Crippen MR) is 148 cm³/mol. The summed E-state index contributed by atoms with van der Waals surface area (Å²) in [6.07, 6.45) is 16.4. The fourth-order valence-electron chi connectivity index (χ4n) is 8.35. The van der Waals surface area contributed by atoms with E-state index in [0.29, 0.717) is 18.5 Å². The van der Waals surface area contributed by atoms with E-state index in [1.54, 1.807) is 0 Å². The van der Waals surface area contributed by atoms with Gasteiger partial charge in [0.2, 0.25) is 0 Å². The van der Waals surface area contributed by atoms with Crippen LogP contribution in [0.3, 0.4) is 0 Å². The standard InChI is InChI=1S/C31H46N4O2/c36-31(37)13-15-33-14-5-8-25(22-33)21-30-32-28-9-3-4-10-29(28)35(30)26-11-16-34(17-12-26)27-19-23-6-1-2-7-24(18-23)20-27/h3-4,9-10,23-27H,1-2,5-8,11-22H2,(H,36,37)/t23-,24+,25-,27?/m0/s1. The molecule has 1 unspecified atom stereocenters. The number of nitrogens with zero attached hydrogens (tertiary/aromatic N) is 4. The zero-order valence-electron chi connectivity index (χ0n) is 22.6. The third-order valence-corrected chi connectivity index (χ3v) is 10.1. The summed E-state index contributed by atoms with van der Waals surface area (Å²) in [7, 11) is 0. The Hall–Kier alpha value is -1.92. The molecular formula is C31H46N4O2. The molecule has 1 N–H and O–H groups in total. The number of carboxylic acid groups (broad SMARTS) is 1. The first kappa shape index (κ1) is 25.4. The zero-order valence-corrected chi connectivity index (χ0v) is 22.6. The Labute approximate surface area is 222 Å². The first-order valence-electron chi connectivity index (χ1n) is 15.3. The predicted octanol–water partition coefficient (Wildman–Crippen LogP) is 5.76. The van der Waals surface area contributed by atoms with Crippen LogP contribution in [0.15, 0.2) is 24.3 Å². The van der Waals surface area contributed by atoms with Gasteiger partial charge in [-0.25, -0.2) is 4.98 Å². The number of imidazole rings is 1. The molecule has 2 saturated heterocycles. The highest BCUT2D eigenvalue weighted by molar-refractivity contribution is 5.76. The van der Waals surface area contributed by atoms with Crippen LogP contribution < -0.4 is 0 Å². The van der Waals surface area contributed by atoms with Gasteiger partial charge in [0.15, 0.2) is 0 Å². The van der Waals surface area contributed by atoms with Crippen LogP contribution in [0.25, 0.3) is 11.0 Å². The number of aromatic nitrogens is 2. The highest BCUT2D eigenvalue weighted by Crippen LogP contribution is 2.41. The summed E-state index contributed by atoms with van der Waals surface area (Å²) in [6, 6.07) is 10.1. The van der Waals surface area contributed by atoms with E-state index in [1.807, 2.05) is 0 Å². The number of likely N-dealkylation sites (tertiary alicyclic amines) is 2. The van der Waals surface area contributed by atoms with Crippen molar-refractivity contribution in [3.8, 4) is 0 Å². The fraction of sp³-hybridized carbons (Fsp3) is 0.742. The average molecular weight is 507 g/mol. The van der Waals surface area contributed by atoms with Crippen LogP contribution in [-0.4, -0.2) is 69.2 Å². The molecule has 1 aromatic carbocycles. The summed E-state index contributed by atoms with van der Waals surface area (Å²) in [4.78, 5) is 21.5. The smallest absolute Gasteiger partial charge is 0.304 e. The van der Waals surface area contributed by atoms with Crippen LogP contribution in [0, 0.1) is 17.8 Å². The number of carbonyl (C=O) groups is 1. The number of hydrogen-bond donors (Lipinski definition) is 1. The lowest BCUT2D eigenvalue weighted by Gasteiger charge is -2.43. The molecule has 2 bridgehead atoms. The van der Waals surface area contributed by atoms with E-state index in [2.05, 4.69) is 38.6 Å². The third kappa shape index (κ3) is 5.90. The van der Waals surface area contributed by atoms with Gasteiger partial charge >= 0.3 is 5.97 Å². The molecule has 1 aromatic heterocycles. The Morgan fingerprint density at radius 1 is 0.892 bits per heavy atom. The van der Waals surface area contributed by atoms with Gasteiger partial charge in [0, 0.05) is 44.7 Å². The number of aliphatic carboxylic acids is 1. The van der Waals surface area contributed by atoms with Crippen LogP contribution in [-0.2, 0) is 11.2 Å². The van der Waals surface area contributed by atoms with E-state index in [0.717, 1.165) is 49.3 Å². The van der Waals surface area contributed by atoms with Crippen molar-refractivity contribution in [2.45, 2.75) is 95.6 Å². The van der Waals surface area contributed by atoms with Gasteiger partial charge in [-0.1, -0.05) is 37.8 Å². The summed E-state index contributed by atoms with van der Waals surface area (Å²) < 4.78 is 2.61. The number of benzene rings is 1. The van der Waals surface area contributed by atoms with Crippen LogP contribution in [0.1, 0.15) is 88.9 Å². The number of piperidine rings is 2. The molecule has 6 heteroatoms. The number of rotatable bonds is 7. The molecule has 4 aliphatic rings. The first-order valence-corrected chi connectivity index (χ1v) is 15.3. The molecule has 3 heterocycles. The minimum absolute atomic E-state index is 0.242. The summed E-state index contributed by atoms with van der Waals surface area (Å²) in [6.45, 7) is 5.16. The lowest BCUT2D eigenvalue weighted by molar-refractivity contribution is -0.137. The Morgan fingerprint density at radius 2 is 1.65 bits per heavy atom. The van der Waals surface area contributed by atoms with Gasteiger partial charge in [-0.15, -0.1) is 0 Å². The Kier molecular flexibility index (Phi) is 7.85. The molecule has 6 rings (SSSR count). The van der Waals surface area contributed by atoms with Crippen molar-refractivity contribution < 1.29 is 9.90 Å². The Morgan fingerprint density at radius 3 is 2.41 bits per heavy atom. The molecule has 0 radical (unpaired) electrons. The molecule has 37 heavy (non-hydrogen) atoms. The van der Waals surface area contributed by atoms with Gasteiger partial charge in [-0.3, -0.25) is 4.79 Å². The monoisotopic (exact) mass is 506 g/mol. The van der Waals surface area contributed by atoms with E-state index in [4.69, 9.17) is 10.1 Å². The lowest BCUT2D eigenvalue weighted by Crippen LogP contribution is -2.45. The summed E-state index contributed by atoms with van der Waals surface area (Å²) in [5.41, 5.74) is 2.44. The summed E-state index contributed by atoms with van der Waals surface area (Å²) in [5.74, 6) is 3.09. The average Bonchev–Trinajstić information content (AvgIpc) is 3.18. The van der Waals surface area contributed by atoms with Crippen LogP contribution >= 0.6 is 0 Å². The maximum absolute atomic E-state index is 11.1. The summed E-state index contributed by atoms with van der Waals surface area (Å²) >= 11 is 0. The molecule has 202 valence electrons. The normalized spacial score (nSPS) is 30.4. The zero-order chi connectivity index (χ0) is 25.2.